The van der Waals surface area contributed by atoms with Crippen molar-refractivity contribution >= 4 is 11.9 Å². The molecule has 0 spiro atoms. The highest BCUT2D eigenvalue weighted by Crippen LogP contribution is 2.28. The third-order valence-corrected chi connectivity index (χ3v) is 4.31. The van der Waals surface area contributed by atoms with Gasteiger partial charge in [0.2, 0.25) is 0 Å². The number of methoxy groups -OCH3 is 1. The molecule has 1 saturated heterocycles. The first-order valence-electron chi connectivity index (χ1n) is 8.98. The van der Waals surface area contributed by atoms with Crippen molar-refractivity contribution in [3.8, 4) is 11.5 Å². The zero-order valence-corrected chi connectivity index (χ0v) is 15.5. The highest BCUT2D eigenvalue weighted by molar-refractivity contribution is 5.92. The molecule has 1 aliphatic heterocycles. The van der Waals surface area contributed by atoms with Crippen LogP contribution in [0.1, 0.15) is 43.0 Å². The minimum absolute atomic E-state index is 0.141. The Kier molecular flexibility index (Phi) is 7.51. The number of amides is 1. The number of hydrogen-bond donors (Lipinski definition) is 0. The number of benzene rings is 1. The van der Waals surface area contributed by atoms with Gasteiger partial charge in [-0.25, -0.2) is 4.79 Å². The lowest BCUT2D eigenvalue weighted by Gasteiger charge is -2.24. The standard InChI is InChI=1S/C20H27NO5/c1-4-13-25-17-10-9-16(14-18(17)24-3)20(23)26-15(2)19(22)21-11-7-5-6-8-12-21/h4,9-10,14-15H,1,5-8,11-13H2,2-3H3. The SMILES string of the molecule is C=CCOc1ccc(C(=O)OC(C)C(=O)N2CCCCCC2)cc1OC. The lowest BCUT2D eigenvalue weighted by molar-refractivity contribution is -0.139. The summed E-state index contributed by atoms with van der Waals surface area (Å²) in [6, 6.07) is 4.77. The number of carbonyl (C=O) groups excluding carboxylic acids is 2. The van der Waals surface area contributed by atoms with Gasteiger partial charge in [-0.05, 0) is 38.0 Å². The first-order valence-corrected chi connectivity index (χ1v) is 8.98. The van der Waals surface area contributed by atoms with Gasteiger partial charge in [0.05, 0.1) is 12.7 Å². The summed E-state index contributed by atoms with van der Waals surface area (Å²) in [6.45, 7) is 7.00. The maximum absolute atomic E-state index is 12.5. The lowest BCUT2D eigenvalue weighted by atomic mass is 10.2. The maximum Gasteiger partial charge on any atom is 0.339 e. The van der Waals surface area contributed by atoms with Crippen LogP contribution in [0.5, 0.6) is 11.5 Å². The molecule has 2 rings (SSSR count). The first kappa shape index (κ1) is 19.8. The van der Waals surface area contributed by atoms with Crippen molar-refractivity contribution in [3.05, 3.63) is 36.4 Å². The summed E-state index contributed by atoms with van der Waals surface area (Å²) < 4.78 is 16.1. The van der Waals surface area contributed by atoms with E-state index in [1.165, 1.54) is 7.11 Å². The molecule has 1 aromatic rings. The van der Waals surface area contributed by atoms with Crippen molar-refractivity contribution < 1.29 is 23.8 Å². The van der Waals surface area contributed by atoms with E-state index in [0.29, 0.717) is 23.7 Å². The molecule has 0 aromatic heterocycles. The van der Waals surface area contributed by atoms with E-state index < -0.39 is 12.1 Å². The van der Waals surface area contributed by atoms with Gasteiger partial charge in [0.1, 0.15) is 6.61 Å². The molecule has 0 saturated carbocycles. The van der Waals surface area contributed by atoms with Gasteiger partial charge in [0.25, 0.3) is 5.91 Å². The average Bonchev–Trinajstić information content (AvgIpc) is 2.94. The molecule has 1 heterocycles. The van der Waals surface area contributed by atoms with Gasteiger partial charge in [-0.2, -0.15) is 0 Å². The van der Waals surface area contributed by atoms with Crippen LogP contribution in [0.25, 0.3) is 0 Å². The van der Waals surface area contributed by atoms with Crippen molar-refractivity contribution in [2.24, 2.45) is 0 Å². The summed E-state index contributed by atoms with van der Waals surface area (Å²) in [5, 5.41) is 0. The normalized spacial score (nSPS) is 15.5. The molecule has 1 aliphatic rings. The maximum atomic E-state index is 12.5. The van der Waals surface area contributed by atoms with Gasteiger partial charge in [-0.1, -0.05) is 25.5 Å². The quantitative estimate of drug-likeness (QED) is 0.551. The molecular formula is C20H27NO5. The van der Waals surface area contributed by atoms with Gasteiger partial charge >= 0.3 is 5.97 Å². The van der Waals surface area contributed by atoms with Crippen molar-refractivity contribution in [3.63, 3.8) is 0 Å². The monoisotopic (exact) mass is 361 g/mol. The second-order valence-corrected chi connectivity index (χ2v) is 6.25. The summed E-state index contributed by atoms with van der Waals surface area (Å²) >= 11 is 0. The Hall–Kier alpha value is -2.50. The topological polar surface area (TPSA) is 65.1 Å². The van der Waals surface area contributed by atoms with Crippen LogP contribution in [-0.4, -0.2) is 49.7 Å². The molecular weight excluding hydrogens is 334 g/mol. The molecule has 6 heteroatoms. The largest absolute Gasteiger partial charge is 0.493 e. The van der Waals surface area contributed by atoms with Gasteiger partial charge in [-0.3, -0.25) is 4.79 Å². The fourth-order valence-corrected chi connectivity index (χ4v) is 2.89. The third kappa shape index (κ3) is 5.25. The molecule has 142 valence electrons. The molecule has 1 unspecified atom stereocenters. The van der Waals surface area contributed by atoms with Gasteiger partial charge in [0.15, 0.2) is 17.6 Å². The van der Waals surface area contributed by atoms with E-state index in [1.54, 1.807) is 36.1 Å². The Bertz CT molecular complexity index is 635. The van der Waals surface area contributed by atoms with Crippen LogP contribution in [0, 0.1) is 0 Å². The molecule has 26 heavy (non-hydrogen) atoms. The summed E-state index contributed by atoms with van der Waals surface area (Å²) in [5.41, 5.74) is 0.309. The summed E-state index contributed by atoms with van der Waals surface area (Å²) in [7, 11) is 1.50. The Morgan fingerprint density at radius 1 is 1.19 bits per heavy atom. The van der Waals surface area contributed by atoms with Crippen molar-refractivity contribution in [2.45, 2.75) is 38.7 Å². The van der Waals surface area contributed by atoms with E-state index in [4.69, 9.17) is 14.2 Å². The molecule has 6 nitrogen and oxygen atoms in total. The molecule has 1 amide bonds. The van der Waals surface area contributed by atoms with Crippen LogP contribution in [0.4, 0.5) is 0 Å². The minimum atomic E-state index is -0.816. The van der Waals surface area contributed by atoms with Crippen LogP contribution in [0.15, 0.2) is 30.9 Å². The van der Waals surface area contributed by atoms with Crippen LogP contribution in [0.3, 0.4) is 0 Å². The van der Waals surface area contributed by atoms with Gasteiger partial charge < -0.3 is 19.1 Å². The molecule has 0 bridgehead atoms. The Morgan fingerprint density at radius 2 is 1.88 bits per heavy atom. The number of esters is 1. The van der Waals surface area contributed by atoms with Crippen molar-refractivity contribution in [1.82, 2.24) is 4.90 Å². The number of carbonyl (C=O) groups is 2. The van der Waals surface area contributed by atoms with E-state index in [-0.39, 0.29) is 5.91 Å². The predicted molar refractivity (Wildman–Crippen MR) is 98.6 cm³/mol. The number of hydrogen-bond acceptors (Lipinski definition) is 5. The van der Waals surface area contributed by atoms with E-state index >= 15 is 0 Å². The smallest absolute Gasteiger partial charge is 0.339 e. The van der Waals surface area contributed by atoms with E-state index in [9.17, 15) is 9.59 Å². The summed E-state index contributed by atoms with van der Waals surface area (Å²) in [6.07, 6.45) is 5.07. The Balaban J connectivity index is 2.01. The molecule has 0 aliphatic carbocycles. The first-order chi connectivity index (χ1) is 12.6. The zero-order valence-electron chi connectivity index (χ0n) is 15.5. The molecule has 1 atom stereocenters. The fourth-order valence-electron chi connectivity index (χ4n) is 2.89. The molecule has 0 N–H and O–H groups in total. The number of likely N-dealkylation sites (tertiary alicyclic amines) is 1. The fraction of sp³-hybridized carbons (Fsp3) is 0.500. The minimum Gasteiger partial charge on any atom is -0.493 e. The summed E-state index contributed by atoms with van der Waals surface area (Å²) in [4.78, 5) is 26.7. The zero-order chi connectivity index (χ0) is 18.9. The second-order valence-electron chi connectivity index (χ2n) is 6.25. The van der Waals surface area contributed by atoms with Crippen molar-refractivity contribution in [1.29, 1.82) is 0 Å². The molecule has 1 aromatic carbocycles. The molecule has 1 fully saturated rings. The number of nitrogens with zero attached hydrogens (tertiary/aromatic N) is 1. The predicted octanol–water partition coefficient (Wildman–Crippen LogP) is 3.21. The third-order valence-electron chi connectivity index (χ3n) is 4.31. The van der Waals surface area contributed by atoms with E-state index in [1.807, 2.05) is 0 Å². The Morgan fingerprint density at radius 3 is 2.50 bits per heavy atom. The van der Waals surface area contributed by atoms with Crippen LogP contribution in [0.2, 0.25) is 0 Å². The molecule has 0 radical (unpaired) electrons. The highest BCUT2D eigenvalue weighted by Gasteiger charge is 2.25. The lowest BCUT2D eigenvalue weighted by Crippen LogP contribution is -2.40. The van der Waals surface area contributed by atoms with Crippen LogP contribution < -0.4 is 9.47 Å². The average molecular weight is 361 g/mol. The van der Waals surface area contributed by atoms with E-state index in [2.05, 4.69) is 6.58 Å². The van der Waals surface area contributed by atoms with Gasteiger partial charge in [-0.15, -0.1) is 0 Å². The van der Waals surface area contributed by atoms with Crippen molar-refractivity contribution in [2.75, 3.05) is 26.8 Å². The number of rotatable bonds is 7. The second kappa shape index (κ2) is 9.85. The van der Waals surface area contributed by atoms with E-state index in [0.717, 1.165) is 38.8 Å². The number of ether oxygens (including phenoxy) is 3. The van der Waals surface area contributed by atoms with Crippen LogP contribution >= 0.6 is 0 Å². The Labute approximate surface area is 154 Å². The van der Waals surface area contributed by atoms with Gasteiger partial charge in [0, 0.05) is 13.1 Å². The summed E-state index contributed by atoms with van der Waals surface area (Å²) in [5.74, 6) is 0.234. The van der Waals surface area contributed by atoms with Crippen LogP contribution in [-0.2, 0) is 9.53 Å². The highest BCUT2D eigenvalue weighted by atomic mass is 16.5.